The third-order valence-corrected chi connectivity index (χ3v) is 6.93. The lowest BCUT2D eigenvalue weighted by atomic mass is 10.0. The Kier molecular flexibility index (Phi) is 4.18. The van der Waals surface area contributed by atoms with Crippen LogP contribution in [0.2, 0.25) is 0 Å². The second-order valence-corrected chi connectivity index (χ2v) is 8.43. The van der Waals surface area contributed by atoms with E-state index in [-0.39, 0.29) is 5.91 Å². The van der Waals surface area contributed by atoms with E-state index in [1.807, 2.05) is 47.6 Å². The van der Waals surface area contributed by atoms with Crippen LogP contribution in [0.3, 0.4) is 0 Å². The summed E-state index contributed by atoms with van der Waals surface area (Å²) in [6.07, 6.45) is 6.05. The lowest BCUT2D eigenvalue weighted by Crippen LogP contribution is -2.51. The van der Waals surface area contributed by atoms with Crippen LogP contribution < -0.4 is 0 Å². The predicted octanol–water partition coefficient (Wildman–Crippen LogP) is 3.35. The van der Waals surface area contributed by atoms with Crippen molar-refractivity contribution in [3.05, 3.63) is 60.8 Å². The van der Waals surface area contributed by atoms with Gasteiger partial charge in [0.25, 0.3) is 5.91 Å². The van der Waals surface area contributed by atoms with Crippen LogP contribution in [0.5, 0.6) is 0 Å². The summed E-state index contributed by atoms with van der Waals surface area (Å²) in [4.78, 5) is 26.0. The van der Waals surface area contributed by atoms with Gasteiger partial charge in [-0.25, -0.2) is 9.97 Å². The molecular formula is C23H26N4O. The Hall–Kier alpha value is -2.69. The summed E-state index contributed by atoms with van der Waals surface area (Å²) in [6, 6.07) is 10.5. The topological polar surface area (TPSA) is 49.3 Å². The van der Waals surface area contributed by atoms with Crippen LogP contribution in [0.4, 0.5) is 0 Å². The molecule has 0 radical (unpaired) electrons. The second kappa shape index (κ2) is 6.73. The number of nitrogens with zero attached hydrogens (tertiary/aromatic N) is 4. The standard InChI is InChI=1S/C23H26N4O/c1-15-20-10-19(11-21(15)20)27-9-8-26(16(2)23(27)28)14-22-24-12-18(13-25-22)17-6-4-3-5-7-17/h3-7,12-13,15,19-21H,2,8-11,14H2,1H3. The molecule has 1 aromatic carbocycles. The molecule has 5 rings (SSSR count). The van der Waals surface area contributed by atoms with Crippen LogP contribution >= 0.6 is 0 Å². The Labute approximate surface area is 166 Å². The molecule has 1 amide bonds. The van der Waals surface area contributed by atoms with Crippen LogP contribution in [-0.4, -0.2) is 44.8 Å². The number of aromatic nitrogens is 2. The normalized spacial score (nSPS) is 29.2. The fourth-order valence-corrected chi connectivity index (χ4v) is 5.07. The predicted molar refractivity (Wildman–Crippen MR) is 108 cm³/mol. The molecule has 2 aromatic rings. The van der Waals surface area contributed by atoms with Crippen molar-refractivity contribution >= 4 is 5.91 Å². The van der Waals surface area contributed by atoms with Crippen molar-refractivity contribution in [2.45, 2.75) is 32.4 Å². The summed E-state index contributed by atoms with van der Waals surface area (Å²) in [7, 11) is 0. The van der Waals surface area contributed by atoms with Gasteiger partial charge in [-0.05, 0) is 36.2 Å². The highest BCUT2D eigenvalue weighted by Crippen LogP contribution is 2.58. The first-order valence-corrected chi connectivity index (χ1v) is 10.2. The summed E-state index contributed by atoms with van der Waals surface area (Å²) in [5, 5.41) is 0. The molecule has 2 atom stereocenters. The lowest BCUT2D eigenvalue weighted by molar-refractivity contribution is -0.134. The zero-order chi connectivity index (χ0) is 19.3. The molecular weight excluding hydrogens is 348 g/mol. The average Bonchev–Trinajstić information content (AvgIpc) is 3.13. The number of carbonyl (C=O) groups is 1. The van der Waals surface area contributed by atoms with Gasteiger partial charge in [0.05, 0.1) is 12.2 Å². The highest BCUT2D eigenvalue weighted by Gasteiger charge is 2.55. The first-order valence-electron chi connectivity index (χ1n) is 10.2. The van der Waals surface area contributed by atoms with E-state index in [1.165, 1.54) is 12.8 Å². The fraction of sp³-hybridized carbons (Fsp3) is 0.435. The number of fused-ring (bicyclic) bond motifs is 1. The molecule has 0 spiro atoms. The van der Waals surface area contributed by atoms with E-state index in [1.54, 1.807) is 0 Å². The number of benzene rings is 1. The van der Waals surface area contributed by atoms with Crippen molar-refractivity contribution in [2.24, 2.45) is 17.8 Å². The minimum Gasteiger partial charge on any atom is -0.358 e. The molecule has 5 heteroatoms. The van der Waals surface area contributed by atoms with Crippen LogP contribution in [0.15, 0.2) is 55.0 Å². The van der Waals surface area contributed by atoms with Crippen molar-refractivity contribution < 1.29 is 4.79 Å². The molecule has 5 nitrogen and oxygen atoms in total. The summed E-state index contributed by atoms with van der Waals surface area (Å²) in [6.45, 7) is 8.53. The van der Waals surface area contributed by atoms with Gasteiger partial charge in [-0.15, -0.1) is 0 Å². The zero-order valence-electron chi connectivity index (χ0n) is 16.3. The molecule has 2 saturated carbocycles. The molecule has 1 saturated heterocycles. The molecule has 144 valence electrons. The zero-order valence-corrected chi connectivity index (χ0v) is 16.3. The molecule has 0 bridgehead atoms. The molecule has 0 N–H and O–H groups in total. The van der Waals surface area contributed by atoms with Crippen LogP contribution in [0.1, 0.15) is 25.6 Å². The Morgan fingerprint density at radius 1 is 1.04 bits per heavy atom. The van der Waals surface area contributed by atoms with E-state index in [0.717, 1.165) is 47.8 Å². The molecule has 2 heterocycles. The van der Waals surface area contributed by atoms with E-state index in [4.69, 9.17) is 0 Å². The molecule has 3 aliphatic rings. The van der Waals surface area contributed by atoms with Crippen LogP contribution in [-0.2, 0) is 11.3 Å². The van der Waals surface area contributed by atoms with Gasteiger partial charge in [-0.3, -0.25) is 4.79 Å². The fourth-order valence-electron chi connectivity index (χ4n) is 5.07. The highest BCUT2D eigenvalue weighted by molar-refractivity contribution is 5.93. The Balaban J connectivity index is 1.22. The van der Waals surface area contributed by atoms with Crippen molar-refractivity contribution in [3.63, 3.8) is 0 Å². The molecule has 1 aliphatic heterocycles. The van der Waals surface area contributed by atoms with Gasteiger partial charge < -0.3 is 9.80 Å². The van der Waals surface area contributed by atoms with Gasteiger partial charge in [-0.2, -0.15) is 0 Å². The Morgan fingerprint density at radius 3 is 2.39 bits per heavy atom. The van der Waals surface area contributed by atoms with Crippen LogP contribution in [0.25, 0.3) is 11.1 Å². The van der Waals surface area contributed by atoms with Gasteiger partial charge in [0.1, 0.15) is 5.82 Å². The summed E-state index contributed by atoms with van der Waals surface area (Å²) in [5.74, 6) is 3.37. The van der Waals surface area contributed by atoms with E-state index in [9.17, 15) is 4.79 Å². The van der Waals surface area contributed by atoms with Gasteiger partial charge in [-0.1, -0.05) is 43.8 Å². The summed E-state index contributed by atoms with van der Waals surface area (Å²) < 4.78 is 0. The Bertz CT molecular complexity index is 883. The molecule has 3 fully saturated rings. The van der Waals surface area contributed by atoms with Gasteiger partial charge in [0.2, 0.25) is 0 Å². The van der Waals surface area contributed by atoms with Gasteiger partial charge in [0.15, 0.2) is 0 Å². The Morgan fingerprint density at radius 2 is 1.71 bits per heavy atom. The third kappa shape index (κ3) is 2.99. The lowest BCUT2D eigenvalue weighted by Gasteiger charge is -2.40. The second-order valence-electron chi connectivity index (χ2n) is 8.43. The SMILES string of the molecule is C=C1C(=O)N(C2CC3C(C)C3C2)CCN1Cc1ncc(-c2ccccc2)cn1. The van der Waals surface area contributed by atoms with Crippen molar-refractivity contribution in [2.75, 3.05) is 13.1 Å². The molecule has 1 aromatic heterocycles. The van der Waals surface area contributed by atoms with Crippen molar-refractivity contribution in [3.8, 4) is 11.1 Å². The third-order valence-electron chi connectivity index (χ3n) is 6.93. The first-order chi connectivity index (χ1) is 13.6. The van der Waals surface area contributed by atoms with Crippen molar-refractivity contribution in [1.82, 2.24) is 19.8 Å². The van der Waals surface area contributed by atoms with E-state index >= 15 is 0 Å². The van der Waals surface area contributed by atoms with E-state index in [2.05, 4.69) is 28.4 Å². The summed E-state index contributed by atoms with van der Waals surface area (Å²) >= 11 is 0. The van der Waals surface area contributed by atoms with Crippen LogP contribution in [0, 0.1) is 17.8 Å². The minimum atomic E-state index is 0.0890. The smallest absolute Gasteiger partial charge is 0.269 e. The minimum absolute atomic E-state index is 0.0890. The maximum atomic E-state index is 12.9. The van der Waals surface area contributed by atoms with E-state index < -0.39 is 0 Å². The quantitative estimate of drug-likeness (QED) is 0.770. The van der Waals surface area contributed by atoms with Crippen molar-refractivity contribution in [1.29, 1.82) is 0 Å². The van der Waals surface area contributed by atoms with E-state index in [0.29, 0.717) is 18.3 Å². The highest BCUT2D eigenvalue weighted by atomic mass is 16.2. The molecule has 2 unspecified atom stereocenters. The maximum Gasteiger partial charge on any atom is 0.269 e. The van der Waals surface area contributed by atoms with Gasteiger partial charge >= 0.3 is 0 Å². The summed E-state index contributed by atoms with van der Waals surface area (Å²) in [5.41, 5.74) is 2.68. The first kappa shape index (κ1) is 17.4. The largest absolute Gasteiger partial charge is 0.358 e. The number of rotatable bonds is 4. The molecule has 28 heavy (non-hydrogen) atoms. The monoisotopic (exact) mass is 374 g/mol. The number of hydrogen-bond donors (Lipinski definition) is 0. The number of piperazine rings is 1. The van der Waals surface area contributed by atoms with Gasteiger partial charge in [0, 0.05) is 37.1 Å². The number of amides is 1. The average molecular weight is 374 g/mol. The molecule has 2 aliphatic carbocycles. The number of carbonyl (C=O) groups excluding carboxylic acids is 1. The number of hydrogen-bond acceptors (Lipinski definition) is 4. The maximum absolute atomic E-state index is 12.9.